The topological polar surface area (TPSA) is 21.3 Å². The summed E-state index contributed by atoms with van der Waals surface area (Å²) in [5.41, 5.74) is 1.78. The summed E-state index contributed by atoms with van der Waals surface area (Å²) in [7, 11) is 0. The average Bonchev–Trinajstić information content (AvgIpc) is 2.27. The quantitative estimate of drug-likeness (QED) is 0.850. The fourth-order valence-electron chi connectivity index (χ4n) is 2.04. The standard InChI is InChI=1S/C13H18FNO/c1-10-6-11(14)8-12(7-10)15-9-13-4-2-3-5-16-13/h6-8,13,15H,2-5,9H2,1H3. The van der Waals surface area contributed by atoms with Crippen LogP contribution < -0.4 is 5.32 Å². The summed E-state index contributed by atoms with van der Waals surface area (Å²) in [5.74, 6) is -0.188. The van der Waals surface area contributed by atoms with Crippen molar-refractivity contribution in [3.05, 3.63) is 29.6 Å². The van der Waals surface area contributed by atoms with Gasteiger partial charge in [0.15, 0.2) is 0 Å². The molecule has 0 amide bonds. The molecule has 0 aliphatic carbocycles. The third-order valence-electron chi connectivity index (χ3n) is 2.85. The van der Waals surface area contributed by atoms with Crippen LogP contribution in [0.25, 0.3) is 0 Å². The van der Waals surface area contributed by atoms with Gasteiger partial charge >= 0.3 is 0 Å². The second-order valence-corrected chi connectivity index (χ2v) is 4.39. The number of halogens is 1. The van der Waals surface area contributed by atoms with Crippen molar-refractivity contribution < 1.29 is 9.13 Å². The maximum Gasteiger partial charge on any atom is 0.125 e. The Morgan fingerprint density at radius 3 is 2.94 bits per heavy atom. The van der Waals surface area contributed by atoms with Crippen LogP contribution in [0.4, 0.5) is 10.1 Å². The van der Waals surface area contributed by atoms with Crippen molar-refractivity contribution in [3.63, 3.8) is 0 Å². The number of benzene rings is 1. The van der Waals surface area contributed by atoms with E-state index in [1.807, 2.05) is 13.0 Å². The molecular formula is C13H18FNO. The van der Waals surface area contributed by atoms with E-state index >= 15 is 0 Å². The van der Waals surface area contributed by atoms with Crippen LogP contribution in [-0.4, -0.2) is 19.3 Å². The Balaban J connectivity index is 1.88. The molecule has 1 fully saturated rings. The molecule has 0 spiro atoms. The van der Waals surface area contributed by atoms with Gasteiger partial charge in [-0.15, -0.1) is 0 Å². The van der Waals surface area contributed by atoms with Crippen molar-refractivity contribution in [1.82, 2.24) is 0 Å². The summed E-state index contributed by atoms with van der Waals surface area (Å²) in [5, 5.41) is 3.23. The van der Waals surface area contributed by atoms with Gasteiger partial charge in [0.05, 0.1) is 6.10 Å². The molecule has 1 aliphatic heterocycles. The minimum absolute atomic E-state index is 0.188. The van der Waals surface area contributed by atoms with E-state index < -0.39 is 0 Å². The van der Waals surface area contributed by atoms with Crippen LogP contribution in [0.1, 0.15) is 24.8 Å². The van der Waals surface area contributed by atoms with Crippen molar-refractivity contribution in [1.29, 1.82) is 0 Å². The van der Waals surface area contributed by atoms with Gasteiger partial charge in [-0.3, -0.25) is 0 Å². The monoisotopic (exact) mass is 223 g/mol. The number of ether oxygens (including phenoxy) is 1. The normalized spacial score (nSPS) is 20.8. The first-order valence-corrected chi connectivity index (χ1v) is 5.87. The minimum atomic E-state index is -0.188. The highest BCUT2D eigenvalue weighted by molar-refractivity contribution is 5.46. The molecule has 1 atom stereocenters. The molecule has 2 nitrogen and oxygen atoms in total. The molecule has 0 radical (unpaired) electrons. The van der Waals surface area contributed by atoms with Crippen LogP contribution in [0.15, 0.2) is 18.2 Å². The molecule has 3 heteroatoms. The number of rotatable bonds is 3. The number of aryl methyl sites for hydroxylation is 1. The van der Waals surface area contributed by atoms with Crippen LogP contribution in [0.2, 0.25) is 0 Å². The zero-order chi connectivity index (χ0) is 11.4. The highest BCUT2D eigenvalue weighted by Crippen LogP contribution is 2.16. The van der Waals surface area contributed by atoms with Crippen LogP contribution in [0.5, 0.6) is 0 Å². The van der Waals surface area contributed by atoms with Gasteiger partial charge in [0.25, 0.3) is 0 Å². The molecule has 0 aromatic heterocycles. The maximum absolute atomic E-state index is 13.1. The van der Waals surface area contributed by atoms with E-state index in [9.17, 15) is 4.39 Å². The van der Waals surface area contributed by atoms with Gasteiger partial charge in [0.2, 0.25) is 0 Å². The first kappa shape index (κ1) is 11.4. The highest BCUT2D eigenvalue weighted by atomic mass is 19.1. The molecule has 1 N–H and O–H groups in total. The second kappa shape index (κ2) is 5.30. The van der Waals surface area contributed by atoms with Gasteiger partial charge in [-0.1, -0.05) is 0 Å². The van der Waals surface area contributed by atoms with Crippen LogP contribution in [0.3, 0.4) is 0 Å². The molecule has 1 aromatic carbocycles. The number of anilines is 1. The molecule has 1 unspecified atom stereocenters. The summed E-state index contributed by atoms with van der Waals surface area (Å²) in [6, 6.07) is 5.00. The molecule has 1 aliphatic rings. The fraction of sp³-hybridized carbons (Fsp3) is 0.538. The van der Waals surface area contributed by atoms with Gasteiger partial charge in [0, 0.05) is 18.8 Å². The minimum Gasteiger partial charge on any atom is -0.382 e. The highest BCUT2D eigenvalue weighted by Gasteiger charge is 2.13. The second-order valence-electron chi connectivity index (χ2n) is 4.39. The van der Waals surface area contributed by atoms with Crippen molar-refractivity contribution in [2.45, 2.75) is 32.3 Å². The van der Waals surface area contributed by atoms with Crippen LogP contribution in [0, 0.1) is 12.7 Å². The van der Waals surface area contributed by atoms with Crippen molar-refractivity contribution in [2.75, 3.05) is 18.5 Å². The molecule has 1 heterocycles. The molecule has 88 valence electrons. The van der Waals surface area contributed by atoms with E-state index in [0.29, 0.717) is 0 Å². The summed E-state index contributed by atoms with van der Waals surface area (Å²) >= 11 is 0. The van der Waals surface area contributed by atoms with E-state index in [0.717, 1.165) is 37.2 Å². The van der Waals surface area contributed by atoms with Crippen LogP contribution in [-0.2, 0) is 4.74 Å². The maximum atomic E-state index is 13.1. The lowest BCUT2D eigenvalue weighted by Gasteiger charge is -2.23. The molecule has 1 aromatic rings. The van der Waals surface area contributed by atoms with Crippen molar-refractivity contribution in [3.8, 4) is 0 Å². The van der Waals surface area contributed by atoms with E-state index in [1.165, 1.54) is 18.6 Å². The Kier molecular flexibility index (Phi) is 3.78. The molecule has 0 saturated carbocycles. The molecular weight excluding hydrogens is 205 g/mol. The largest absolute Gasteiger partial charge is 0.382 e. The molecule has 1 saturated heterocycles. The predicted octanol–water partition coefficient (Wildman–Crippen LogP) is 3.12. The average molecular weight is 223 g/mol. The van der Waals surface area contributed by atoms with Gasteiger partial charge in [-0.25, -0.2) is 4.39 Å². The molecule has 16 heavy (non-hydrogen) atoms. The summed E-state index contributed by atoms with van der Waals surface area (Å²) < 4.78 is 18.7. The lowest BCUT2D eigenvalue weighted by Crippen LogP contribution is -2.27. The van der Waals surface area contributed by atoms with Crippen molar-refractivity contribution in [2.24, 2.45) is 0 Å². The lowest BCUT2D eigenvalue weighted by molar-refractivity contribution is 0.0247. The predicted molar refractivity (Wildman–Crippen MR) is 63.2 cm³/mol. The SMILES string of the molecule is Cc1cc(F)cc(NCC2CCCCO2)c1. The third-order valence-corrected chi connectivity index (χ3v) is 2.85. The molecule has 2 rings (SSSR count). The van der Waals surface area contributed by atoms with Gasteiger partial charge in [-0.05, 0) is 49.9 Å². The number of hydrogen-bond donors (Lipinski definition) is 1. The van der Waals surface area contributed by atoms with E-state index in [4.69, 9.17) is 4.74 Å². The zero-order valence-electron chi connectivity index (χ0n) is 9.63. The summed E-state index contributed by atoms with van der Waals surface area (Å²) in [4.78, 5) is 0. The first-order valence-electron chi connectivity index (χ1n) is 5.87. The summed E-state index contributed by atoms with van der Waals surface area (Å²) in [6.07, 6.45) is 3.77. The fourth-order valence-corrected chi connectivity index (χ4v) is 2.04. The zero-order valence-corrected chi connectivity index (χ0v) is 9.63. The Morgan fingerprint density at radius 1 is 1.38 bits per heavy atom. The Hall–Kier alpha value is -1.09. The smallest absolute Gasteiger partial charge is 0.125 e. The Morgan fingerprint density at radius 2 is 2.25 bits per heavy atom. The van der Waals surface area contributed by atoms with E-state index in [2.05, 4.69) is 5.32 Å². The Bertz CT molecular complexity index is 328. The van der Waals surface area contributed by atoms with Crippen LogP contribution >= 0.6 is 0 Å². The molecule has 0 bridgehead atoms. The van der Waals surface area contributed by atoms with E-state index in [1.54, 1.807) is 0 Å². The summed E-state index contributed by atoms with van der Waals surface area (Å²) in [6.45, 7) is 3.52. The lowest BCUT2D eigenvalue weighted by atomic mass is 10.1. The number of hydrogen-bond acceptors (Lipinski definition) is 2. The third kappa shape index (κ3) is 3.20. The van der Waals surface area contributed by atoms with Gasteiger partial charge in [-0.2, -0.15) is 0 Å². The van der Waals surface area contributed by atoms with E-state index in [-0.39, 0.29) is 11.9 Å². The first-order chi connectivity index (χ1) is 7.74. The van der Waals surface area contributed by atoms with Gasteiger partial charge < -0.3 is 10.1 Å². The Labute approximate surface area is 95.8 Å². The van der Waals surface area contributed by atoms with Crippen molar-refractivity contribution >= 4 is 5.69 Å². The van der Waals surface area contributed by atoms with Gasteiger partial charge in [0.1, 0.15) is 5.82 Å². The number of nitrogens with one attached hydrogen (secondary N) is 1.